The van der Waals surface area contributed by atoms with Gasteiger partial charge in [-0.25, -0.2) is 0 Å². The van der Waals surface area contributed by atoms with Gasteiger partial charge in [-0.2, -0.15) is 0 Å². The summed E-state index contributed by atoms with van der Waals surface area (Å²) in [5.41, 5.74) is 2.34. The van der Waals surface area contributed by atoms with Crippen LogP contribution in [-0.2, 0) is 0 Å². The summed E-state index contributed by atoms with van der Waals surface area (Å²) in [5, 5.41) is 15.5. The number of rotatable bonds is 0. The Balaban J connectivity index is 1.56. The third-order valence-electron chi connectivity index (χ3n) is 7.08. The SMILES string of the molecule is C[C@@H]1NC2CCCCC2NCCNC2CCCCC2N[C@@H](C)c2cccc1n2. The predicted molar refractivity (Wildman–Crippen MR) is 115 cm³/mol. The highest BCUT2D eigenvalue weighted by Crippen LogP contribution is 2.24. The molecule has 0 saturated heterocycles. The average Bonchev–Trinajstić information content (AvgIpc) is 2.73. The first kappa shape index (κ1) is 20.3. The summed E-state index contributed by atoms with van der Waals surface area (Å²) in [6.07, 6.45) is 10.4. The molecule has 156 valence electrons. The molecule has 0 spiro atoms. The molecule has 4 unspecified atom stereocenters. The molecule has 1 aliphatic heterocycles. The molecule has 5 nitrogen and oxygen atoms in total. The van der Waals surface area contributed by atoms with Crippen LogP contribution in [0.3, 0.4) is 0 Å². The normalized spacial score (nSPS) is 37.8. The van der Waals surface area contributed by atoms with Gasteiger partial charge in [0.2, 0.25) is 0 Å². The molecule has 5 heteroatoms. The number of pyridine rings is 1. The van der Waals surface area contributed by atoms with E-state index >= 15 is 0 Å². The first-order chi connectivity index (χ1) is 13.7. The topological polar surface area (TPSA) is 61.0 Å². The van der Waals surface area contributed by atoms with E-state index in [1.54, 1.807) is 0 Å². The number of fused-ring (bicyclic) bond motifs is 4. The standard InChI is InChI=1S/C23H39N5/c1-16-18-12-7-13-19(28-18)17(2)27-23-11-6-4-9-21(23)25-15-14-24-20-8-3-5-10-22(20)26-16/h7,12-13,16-17,20-27H,3-6,8-11,14-15H2,1-2H3/t16-,17-,20?,21?,22?,23?/m0/s1. The fourth-order valence-electron chi connectivity index (χ4n) is 5.43. The highest BCUT2D eigenvalue weighted by molar-refractivity contribution is 5.17. The Morgan fingerprint density at radius 2 is 1.11 bits per heavy atom. The van der Waals surface area contributed by atoms with E-state index in [0.29, 0.717) is 24.2 Å². The van der Waals surface area contributed by atoms with Gasteiger partial charge in [0, 0.05) is 49.3 Å². The molecule has 2 bridgehead atoms. The van der Waals surface area contributed by atoms with Crippen molar-refractivity contribution in [3.05, 3.63) is 29.6 Å². The van der Waals surface area contributed by atoms with Crippen molar-refractivity contribution in [1.29, 1.82) is 0 Å². The maximum Gasteiger partial charge on any atom is 0.0574 e. The fourth-order valence-corrected chi connectivity index (χ4v) is 5.43. The van der Waals surface area contributed by atoms with E-state index < -0.39 is 0 Å². The molecule has 2 saturated carbocycles. The van der Waals surface area contributed by atoms with Crippen LogP contribution >= 0.6 is 0 Å². The first-order valence-corrected chi connectivity index (χ1v) is 11.7. The van der Waals surface area contributed by atoms with Crippen molar-refractivity contribution in [2.45, 2.75) is 101 Å². The smallest absolute Gasteiger partial charge is 0.0574 e. The highest BCUT2D eigenvalue weighted by atomic mass is 15.1. The molecule has 1 aromatic heterocycles. The van der Waals surface area contributed by atoms with Gasteiger partial charge < -0.3 is 21.3 Å². The number of aromatic nitrogens is 1. The summed E-state index contributed by atoms with van der Waals surface area (Å²) in [5.74, 6) is 0. The summed E-state index contributed by atoms with van der Waals surface area (Å²) < 4.78 is 0. The van der Waals surface area contributed by atoms with Crippen molar-refractivity contribution in [3.8, 4) is 0 Å². The molecule has 2 aliphatic carbocycles. The summed E-state index contributed by atoms with van der Waals surface area (Å²) in [6.45, 7) is 6.66. The second-order valence-electron chi connectivity index (χ2n) is 9.17. The van der Waals surface area contributed by atoms with Gasteiger partial charge in [-0.3, -0.25) is 4.98 Å². The van der Waals surface area contributed by atoms with E-state index in [9.17, 15) is 0 Å². The van der Waals surface area contributed by atoms with Crippen LogP contribution in [0.2, 0.25) is 0 Å². The zero-order valence-electron chi connectivity index (χ0n) is 17.7. The Kier molecular flexibility index (Phi) is 6.99. The highest BCUT2D eigenvalue weighted by Gasteiger charge is 2.29. The van der Waals surface area contributed by atoms with Gasteiger partial charge >= 0.3 is 0 Å². The van der Waals surface area contributed by atoms with E-state index in [1.807, 2.05) is 0 Å². The van der Waals surface area contributed by atoms with Crippen LogP contribution in [0.1, 0.15) is 88.7 Å². The zero-order valence-corrected chi connectivity index (χ0v) is 17.7. The minimum Gasteiger partial charge on any atom is -0.311 e. The molecule has 1 aromatic rings. The molecule has 3 aliphatic rings. The summed E-state index contributed by atoms with van der Waals surface area (Å²) in [7, 11) is 0. The maximum absolute atomic E-state index is 5.06. The Bertz CT molecular complexity index is 572. The Hall–Kier alpha value is -1.01. The van der Waals surface area contributed by atoms with Crippen LogP contribution in [0.15, 0.2) is 18.2 Å². The molecular formula is C23H39N5. The van der Waals surface area contributed by atoms with Gasteiger partial charge in [0.25, 0.3) is 0 Å². The number of hydrogen-bond acceptors (Lipinski definition) is 5. The molecular weight excluding hydrogens is 346 g/mol. The molecule has 0 radical (unpaired) electrons. The van der Waals surface area contributed by atoms with Crippen LogP contribution in [0.25, 0.3) is 0 Å². The van der Waals surface area contributed by atoms with Crippen molar-refractivity contribution in [2.24, 2.45) is 0 Å². The monoisotopic (exact) mass is 385 g/mol. The van der Waals surface area contributed by atoms with Crippen molar-refractivity contribution in [2.75, 3.05) is 13.1 Å². The molecule has 0 amide bonds. The largest absolute Gasteiger partial charge is 0.311 e. The summed E-state index contributed by atoms with van der Waals surface area (Å²) in [4.78, 5) is 5.06. The molecule has 4 rings (SSSR count). The molecule has 2 heterocycles. The molecule has 28 heavy (non-hydrogen) atoms. The number of nitrogens with zero attached hydrogens (tertiary/aromatic N) is 1. The van der Waals surface area contributed by atoms with Crippen molar-refractivity contribution in [3.63, 3.8) is 0 Å². The van der Waals surface area contributed by atoms with Gasteiger partial charge in [-0.15, -0.1) is 0 Å². The predicted octanol–water partition coefficient (Wildman–Crippen LogP) is 3.20. The van der Waals surface area contributed by atoms with Crippen molar-refractivity contribution < 1.29 is 0 Å². The molecule has 4 N–H and O–H groups in total. The minimum atomic E-state index is 0.283. The Labute approximate surface area is 170 Å². The van der Waals surface area contributed by atoms with Crippen LogP contribution in [0, 0.1) is 0 Å². The molecule has 6 atom stereocenters. The Morgan fingerprint density at radius 1 is 0.679 bits per heavy atom. The van der Waals surface area contributed by atoms with E-state index in [-0.39, 0.29) is 12.1 Å². The lowest BCUT2D eigenvalue weighted by atomic mass is 9.89. The molecule has 2 fully saturated rings. The summed E-state index contributed by atoms with van der Waals surface area (Å²) >= 11 is 0. The zero-order chi connectivity index (χ0) is 19.3. The maximum atomic E-state index is 5.06. The lowest BCUT2D eigenvalue weighted by molar-refractivity contribution is 0.254. The summed E-state index contributed by atoms with van der Waals surface area (Å²) in [6, 6.07) is 9.34. The van der Waals surface area contributed by atoms with Gasteiger partial charge in [0.1, 0.15) is 0 Å². The van der Waals surface area contributed by atoms with Gasteiger partial charge in [-0.1, -0.05) is 31.7 Å². The van der Waals surface area contributed by atoms with Crippen molar-refractivity contribution >= 4 is 0 Å². The average molecular weight is 386 g/mol. The second-order valence-corrected chi connectivity index (χ2v) is 9.17. The second kappa shape index (κ2) is 9.66. The van der Waals surface area contributed by atoms with Gasteiger partial charge in [-0.05, 0) is 51.7 Å². The van der Waals surface area contributed by atoms with Crippen LogP contribution < -0.4 is 21.3 Å². The minimum absolute atomic E-state index is 0.283. The Morgan fingerprint density at radius 3 is 1.57 bits per heavy atom. The van der Waals surface area contributed by atoms with E-state index in [2.05, 4.69) is 53.3 Å². The first-order valence-electron chi connectivity index (χ1n) is 11.7. The van der Waals surface area contributed by atoms with Crippen LogP contribution in [0.4, 0.5) is 0 Å². The molecule has 0 aromatic carbocycles. The van der Waals surface area contributed by atoms with Crippen molar-refractivity contribution in [1.82, 2.24) is 26.3 Å². The van der Waals surface area contributed by atoms with E-state index in [1.165, 1.54) is 62.8 Å². The van der Waals surface area contributed by atoms with Crippen LogP contribution in [-0.4, -0.2) is 42.2 Å². The van der Waals surface area contributed by atoms with Gasteiger partial charge in [0.15, 0.2) is 0 Å². The van der Waals surface area contributed by atoms with Gasteiger partial charge in [0.05, 0.1) is 11.4 Å². The number of hydrogen-bond donors (Lipinski definition) is 4. The van der Waals surface area contributed by atoms with E-state index in [0.717, 1.165) is 13.1 Å². The fraction of sp³-hybridized carbons (Fsp3) is 0.783. The van der Waals surface area contributed by atoms with Crippen LogP contribution in [0.5, 0.6) is 0 Å². The third kappa shape index (κ3) is 4.93. The third-order valence-corrected chi connectivity index (χ3v) is 7.08. The quantitative estimate of drug-likeness (QED) is 0.552. The lowest BCUT2D eigenvalue weighted by Gasteiger charge is -2.36. The van der Waals surface area contributed by atoms with E-state index in [4.69, 9.17) is 4.98 Å². The number of nitrogens with one attached hydrogen (secondary N) is 4. The lowest BCUT2D eigenvalue weighted by Crippen LogP contribution is -2.54.